The van der Waals surface area contributed by atoms with E-state index in [4.69, 9.17) is 0 Å². The molecule has 1 aliphatic heterocycles. The summed E-state index contributed by atoms with van der Waals surface area (Å²) in [6.45, 7) is 0. The standard InChI is InChI=1S/C14H10F3N3O2/c15-14(16,17)9-4-3-5-10(8-9)19-13(21)18-11-6-1-2-7-12(11)20(19)22/h1-8,22H,(H,18,21). The zero-order valence-electron chi connectivity index (χ0n) is 11.0. The van der Waals surface area contributed by atoms with Crippen molar-refractivity contribution in [3.8, 4) is 0 Å². The topological polar surface area (TPSA) is 55.8 Å². The fraction of sp³-hybridized carbons (Fsp3) is 0.0714. The van der Waals surface area contributed by atoms with Gasteiger partial charge in [-0.3, -0.25) is 5.21 Å². The molecule has 2 amide bonds. The summed E-state index contributed by atoms with van der Waals surface area (Å²) in [6.07, 6.45) is -4.54. The second-order valence-corrected chi connectivity index (χ2v) is 4.60. The van der Waals surface area contributed by atoms with E-state index in [9.17, 15) is 23.2 Å². The highest BCUT2D eigenvalue weighted by Gasteiger charge is 2.34. The molecular weight excluding hydrogens is 299 g/mol. The lowest BCUT2D eigenvalue weighted by atomic mass is 10.2. The average Bonchev–Trinajstić information content (AvgIpc) is 2.47. The largest absolute Gasteiger partial charge is 0.416 e. The quantitative estimate of drug-likeness (QED) is 0.841. The molecule has 8 heteroatoms. The third-order valence-corrected chi connectivity index (χ3v) is 3.16. The Morgan fingerprint density at radius 1 is 1.05 bits per heavy atom. The first-order valence-corrected chi connectivity index (χ1v) is 6.24. The summed E-state index contributed by atoms with van der Waals surface area (Å²) in [5.74, 6) is 0. The molecule has 1 aliphatic rings. The highest BCUT2D eigenvalue weighted by Crippen LogP contribution is 2.35. The zero-order valence-corrected chi connectivity index (χ0v) is 11.0. The first-order chi connectivity index (χ1) is 10.4. The number of fused-ring (bicyclic) bond motifs is 1. The molecule has 0 spiro atoms. The second-order valence-electron chi connectivity index (χ2n) is 4.60. The van der Waals surface area contributed by atoms with Gasteiger partial charge < -0.3 is 5.32 Å². The molecule has 0 unspecified atom stereocenters. The second kappa shape index (κ2) is 4.92. The molecule has 3 rings (SSSR count). The molecule has 0 bridgehead atoms. The van der Waals surface area contributed by atoms with Crippen molar-refractivity contribution in [2.24, 2.45) is 0 Å². The van der Waals surface area contributed by atoms with Gasteiger partial charge in [0, 0.05) is 0 Å². The van der Waals surface area contributed by atoms with E-state index >= 15 is 0 Å². The lowest BCUT2D eigenvalue weighted by Gasteiger charge is -2.36. The lowest BCUT2D eigenvalue weighted by Crippen LogP contribution is -2.51. The number of hydrogen-bond donors (Lipinski definition) is 2. The molecule has 2 aromatic carbocycles. The highest BCUT2D eigenvalue weighted by molar-refractivity contribution is 6.08. The average molecular weight is 309 g/mol. The Morgan fingerprint density at radius 3 is 2.50 bits per heavy atom. The summed E-state index contributed by atoms with van der Waals surface area (Å²) in [5.41, 5.74) is -0.410. The number of para-hydroxylation sites is 2. The fourth-order valence-corrected chi connectivity index (χ4v) is 2.16. The van der Waals surface area contributed by atoms with Crippen molar-refractivity contribution < 1.29 is 23.2 Å². The van der Waals surface area contributed by atoms with Gasteiger partial charge in [-0.1, -0.05) is 18.2 Å². The Balaban J connectivity index is 2.04. The molecule has 2 aromatic rings. The van der Waals surface area contributed by atoms with Gasteiger partial charge in [0.15, 0.2) is 0 Å². The van der Waals surface area contributed by atoms with Crippen LogP contribution in [0.2, 0.25) is 0 Å². The van der Waals surface area contributed by atoms with Crippen molar-refractivity contribution >= 4 is 23.1 Å². The number of hydrazine groups is 1. The molecule has 0 saturated heterocycles. The van der Waals surface area contributed by atoms with E-state index in [0.717, 1.165) is 17.1 Å². The van der Waals surface area contributed by atoms with Gasteiger partial charge in [0.2, 0.25) is 0 Å². The molecule has 0 saturated carbocycles. The number of anilines is 3. The molecule has 22 heavy (non-hydrogen) atoms. The van der Waals surface area contributed by atoms with Crippen molar-refractivity contribution in [2.45, 2.75) is 6.18 Å². The number of urea groups is 1. The Morgan fingerprint density at radius 2 is 1.77 bits per heavy atom. The van der Waals surface area contributed by atoms with Crippen LogP contribution in [0.25, 0.3) is 0 Å². The number of amides is 2. The van der Waals surface area contributed by atoms with Crippen LogP contribution in [0.1, 0.15) is 5.56 Å². The third kappa shape index (κ3) is 2.33. The summed E-state index contributed by atoms with van der Waals surface area (Å²) < 4.78 is 38.3. The number of benzene rings is 2. The number of rotatable bonds is 1. The van der Waals surface area contributed by atoms with Crippen molar-refractivity contribution in [1.82, 2.24) is 0 Å². The summed E-state index contributed by atoms with van der Waals surface area (Å²) in [7, 11) is 0. The monoisotopic (exact) mass is 309 g/mol. The molecule has 1 heterocycles. The first-order valence-electron chi connectivity index (χ1n) is 6.24. The minimum atomic E-state index is -4.54. The van der Waals surface area contributed by atoms with Crippen LogP contribution in [-0.4, -0.2) is 11.2 Å². The predicted molar refractivity (Wildman–Crippen MR) is 73.6 cm³/mol. The molecule has 114 valence electrons. The first kappa shape index (κ1) is 14.2. The van der Waals surface area contributed by atoms with Crippen LogP contribution < -0.4 is 15.5 Å². The SMILES string of the molecule is O=C1Nc2ccccc2N(O)N1c1cccc(C(F)(F)F)c1. The van der Waals surface area contributed by atoms with Gasteiger partial charge in [0.1, 0.15) is 5.69 Å². The predicted octanol–water partition coefficient (Wildman–Crippen LogP) is 3.87. The smallest absolute Gasteiger partial charge is 0.304 e. The normalized spacial score (nSPS) is 14.6. The van der Waals surface area contributed by atoms with Gasteiger partial charge in [0.05, 0.1) is 16.9 Å². The number of carbonyl (C=O) groups is 1. The Labute approximate surface area is 123 Å². The minimum absolute atomic E-state index is 0.107. The van der Waals surface area contributed by atoms with E-state index in [-0.39, 0.29) is 11.4 Å². The summed E-state index contributed by atoms with van der Waals surface area (Å²) >= 11 is 0. The van der Waals surface area contributed by atoms with E-state index in [0.29, 0.717) is 10.9 Å². The van der Waals surface area contributed by atoms with Crippen molar-refractivity contribution in [2.75, 3.05) is 15.5 Å². The zero-order chi connectivity index (χ0) is 15.9. The van der Waals surface area contributed by atoms with Crippen LogP contribution in [0.5, 0.6) is 0 Å². The fourth-order valence-electron chi connectivity index (χ4n) is 2.16. The molecule has 0 fully saturated rings. The molecule has 5 nitrogen and oxygen atoms in total. The van der Waals surface area contributed by atoms with E-state index < -0.39 is 17.8 Å². The van der Waals surface area contributed by atoms with Crippen molar-refractivity contribution in [3.63, 3.8) is 0 Å². The van der Waals surface area contributed by atoms with Crippen LogP contribution in [0.4, 0.5) is 35.0 Å². The molecule has 0 aromatic heterocycles. The molecule has 0 radical (unpaired) electrons. The van der Waals surface area contributed by atoms with Crippen molar-refractivity contribution in [3.05, 3.63) is 54.1 Å². The van der Waals surface area contributed by atoms with Gasteiger partial charge in [-0.05, 0) is 30.3 Å². The molecule has 2 N–H and O–H groups in total. The van der Waals surface area contributed by atoms with E-state index in [2.05, 4.69) is 5.32 Å². The van der Waals surface area contributed by atoms with E-state index in [1.54, 1.807) is 18.2 Å². The Bertz CT molecular complexity index is 733. The number of nitrogens with zero attached hydrogens (tertiary/aromatic N) is 2. The molecule has 0 atom stereocenters. The van der Waals surface area contributed by atoms with Gasteiger partial charge in [-0.2, -0.15) is 23.4 Å². The number of halogens is 3. The van der Waals surface area contributed by atoms with Crippen LogP contribution in [0.3, 0.4) is 0 Å². The van der Waals surface area contributed by atoms with Gasteiger partial charge >= 0.3 is 12.2 Å². The molecule has 0 aliphatic carbocycles. The minimum Gasteiger partial charge on any atom is -0.304 e. The number of alkyl halides is 3. The Kier molecular flexibility index (Phi) is 3.18. The van der Waals surface area contributed by atoms with Crippen molar-refractivity contribution in [1.29, 1.82) is 0 Å². The van der Waals surface area contributed by atoms with Gasteiger partial charge in [-0.15, -0.1) is 0 Å². The maximum atomic E-state index is 12.8. The van der Waals surface area contributed by atoms with Crippen LogP contribution in [0.15, 0.2) is 48.5 Å². The maximum absolute atomic E-state index is 12.8. The van der Waals surface area contributed by atoms with Crippen LogP contribution in [0, 0.1) is 0 Å². The highest BCUT2D eigenvalue weighted by atomic mass is 19.4. The Hall–Kier alpha value is -2.74. The third-order valence-electron chi connectivity index (χ3n) is 3.16. The lowest BCUT2D eigenvalue weighted by molar-refractivity contribution is -0.137. The number of carbonyl (C=O) groups excluding carboxylic acids is 1. The summed E-state index contributed by atoms with van der Waals surface area (Å²) in [4.78, 5) is 12.1. The molecular formula is C14H10F3N3O2. The van der Waals surface area contributed by atoms with Gasteiger partial charge in [0.25, 0.3) is 0 Å². The number of hydrogen-bond acceptors (Lipinski definition) is 3. The van der Waals surface area contributed by atoms with Crippen LogP contribution in [-0.2, 0) is 6.18 Å². The number of nitrogens with one attached hydrogen (secondary N) is 1. The van der Waals surface area contributed by atoms with Crippen LogP contribution >= 0.6 is 0 Å². The summed E-state index contributed by atoms with van der Waals surface area (Å²) in [5, 5.41) is 13.9. The maximum Gasteiger partial charge on any atom is 0.416 e. The van der Waals surface area contributed by atoms with Gasteiger partial charge in [-0.25, -0.2) is 4.79 Å². The van der Waals surface area contributed by atoms with E-state index in [1.807, 2.05) is 0 Å². The van der Waals surface area contributed by atoms with E-state index in [1.165, 1.54) is 18.2 Å². The summed E-state index contributed by atoms with van der Waals surface area (Å²) in [6, 6.07) is 9.76.